The van der Waals surface area contributed by atoms with Crippen molar-refractivity contribution in [1.29, 1.82) is 0 Å². The van der Waals surface area contributed by atoms with Crippen LogP contribution in [0.15, 0.2) is 42.7 Å². The van der Waals surface area contributed by atoms with Gasteiger partial charge in [-0.05, 0) is 36.1 Å². The van der Waals surface area contributed by atoms with E-state index in [1.165, 1.54) is 5.56 Å². The smallest absolute Gasteiger partial charge is 0.146 e. The first-order valence-electron chi connectivity index (χ1n) is 7.26. The summed E-state index contributed by atoms with van der Waals surface area (Å²) in [6.45, 7) is 8.50. The van der Waals surface area contributed by atoms with Gasteiger partial charge < -0.3 is 9.14 Å². The summed E-state index contributed by atoms with van der Waals surface area (Å²) in [5.41, 5.74) is 3.20. The molecule has 0 spiro atoms. The Kier molecular flexibility index (Phi) is 3.61. The van der Waals surface area contributed by atoms with Crippen molar-refractivity contribution in [2.45, 2.75) is 33.1 Å². The summed E-state index contributed by atoms with van der Waals surface area (Å²) in [6.07, 6.45) is 3.79. The van der Waals surface area contributed by atoms with Gasteiger partial charge in [0, 0.05) is 24.2 Å². The van der Waals surface area contributed by atoms with Gasteiger partial charge in [-0.3, -0.25) is 0 Å². The van der Waals surface area contributed by atoms with E-state index in [-0.39, 0.29) is 5.41 Å². The maximum Gasteiger partial charge on any atom is 0.146 e. The number of halogens is 1. The molecule has 0 saturated carbocycles. The number of aryl methyl sites for hydroxylation is 1. The third-order valence-corrected chi connectivity index (χ3v) is 3.99. The zero-order valence-corrected chi connectivity index (χ0v) is 14.0. The Morgan fingerprint density at radius 2 is 1.91 bits per heavy atom. The predicted octanol–water partition coefficient (Wildman–Crippen LogP) is 5.39. The summed E-state index contributed by atoms with van der Waals surface area (Å²) in [5.74, 6) is 1.38. The molecule has 4 heteroatoms. The molecular formula is C18H19ClN2O. The summed E-state index contributed by atoms with van der Waals surface area (Å²) < 4.78 is 7.92. The summed E-state index contributed by atoms with van der Waals surface area (Å²) in [7, 11) is 0. The Bertz CT molecular complexity index is 831. The summed E-state index contributed by atoms with van der Waals surface area (Å²) >= 11 is 6.36. The van der Waals surface area contributed by atoms with E-state index in [0.717, 1.165) is 17.1 Å². The number of fused-ring (bicyclic) bond motifs is 1. The van der Waals surface area contributed by atoms with E-state index in [1.807, 2.05) is 48.0 Å². The fourth-order valence-electron chi connectivity index (χ4n) is 2.33. The van der Waals surface area contributed by atoms with Crippen molar-refractivity contribution in [3.8, 4) is 11.5 Å². The highest BCUT2D eigenvalue weighted by Crippen LogP contribution is 2.34. The average molecular weight is 315 g/mol. The number of benzene rings is 1. The second kappa shape index (κ2) is 5.33. The third-order valence-electron chi connectivity index (χ3n) is 3.70. The molecule has 3 aromatic rings. The van der Waals surface area contributed by atoms with E-state index >= 15 is 0 Å². The van der Waals surface area contributed by atoms with Gasteiger partial charge in [0.05, 0.1) is 5.02 Å². The fraction of sp³-hybridized carbons (Fsp3) is 0.278. The van der Waals surface area contributed by atoms with Crippen LogP contribution in [0, 0.1) is 6.92 Å². The standard InChI is InChI=1S/C18H19ClN2O/c1-12-11-20-17-10-14(7-8-21(12)17)22-16-6-5-13(9-15(16)19)18(2,3)4/h5-11H,1-4H3. The molecule has 3 nitrogen and oxygen atoms in total. The lowest BCUT2D eigenvalue weighted by molar-refractivity contribution is 0.481. The Morgan fingerprint density at radius 1 is 1.14 bits per heavy atom. The molecule has 1 aromatic carbocycles. The first-order chi connectivity index (χ1) is 10.3. The molecule has 22 heavy (non-hydrogen) atoms. The van der Waals surface area contributed by atoms with Crippen molar-refractivity contribution in [1.82, 2.24) is 9.38 Å². The molecule has 2 heterocycles. The molecule has 0 aliphatic heterocycles. The lowest BCUT2D eigenvalue weighted by Gasteiger charge is -2.20. The van der Waals surface area contributed by atoms with Crippen LogP contribution < -0.4 is 4.74 Å². The van der Waals surface area contributed by atoms with E-state index in [2.05, 4.69) is 31.8 Å². The topological polar surface area (TPSA) is 26.5 Å². The van der Waals surface area contributed by atoms with E-state index in [0.29, 0.717) is 10.8 Å². The maximum atomic E-state index is 6.36. The van der Waals surface area contributed by atoms with Crippen molar-refractivity contribution in [2.24, 2.45) is 0 Å². The molecule has 0 atom stereocenters. The summed E-state index contributed by atoms with van der Waals surface area (Å²) in [4.78, 5) is 4.34. The molecule has 0 unspecified atom stereocenters. The largest absolute Gasteiger partial charge is 0.456 e. The van der Waals surface area contributed by atoms with E-state index < -0.39 is 0 Å². The number of aromatic nitrogens is 2. The normalized spacial score (nSPS) is 11.9. The zero-order chi connectivity index (χ0) is 15.9. The summed E-state index contributed by atoms with van der Waals surface area (Å²) in [5, 5.41) is 0.617. The van der Waals surface area contributed by atoms with E-state index in [9.17, 15) is 0 Å². The Labute approximate surface area is 135 Å². The van der Waals surface area contributed by atoms with Crippen LogP contribution in [0.3, 0.4) is 0 Å². The lowest BCUT2D eigenvalue weighted by atomic mass is 9.87. The molecule has 2 aromatic heterocycles. The highest BCUT2D eigenvalue weighted by atomic mass is 35.5. The molecule has 0 N–H and O–H groups in total. The van der Waals surface area contributed by atoms with Crippen LogP contribution in [-0.2, 0) is 5.41 Å². The molecule has 0 amide bonds. The van der Waals surface area contributed by atoms with Crippen LogP contribution in [-0.4, -0.2) is 9.38 Å². The molecule has 3 rings (SSSR count). The molecule has 0 aliphatic rings. The first-order valence-corrected chi connectivity index (χ1v) is 7.64. The molecule has 0 radical (unpaired) electrons. The first kappa shape index (κ1) is 14.9. The van der Waals surface area contributed by atoms with Crippen molar-refractivity contribution >= 4 is 17.2 Å². The Balaban J connectivity index is 1.91. The number of nitrogens with zero attached hydrogens (tertiary/aromatic N) is 2. The third kappa shape index (κ3) is 2.81. The molecular weight excluding hydrogens is 296 g/mol. The van der Waals surface area contributed by atoms with Gasteiger partial charge in [-0.1, -0.05) is 38.4 Å². The van der Waals surface area contributed by atoms with Crippen LogP contribution >= 0.6 is 11.6 Å². The maximum absolute atomic E-state index is 6.36. The van der Waals surface area contributed by atoms with Gasteiger partial charge in [-0.25, -0.2) is 4.98 Å². The number of rotatable bonds is 2. The van der Waals surface area contributed by atoms with Crippen molar-refractivity contribution in [3.63, 3.8) is 0 Å². The number of imidazole rings is 1. The fourth-order valence-corrected chi connectivity index (χ4v) is 2.55. The minimum absolute atomic E-state index is 0.0639. The van der Waals surface area contributed by atoms with Crippen molar-refractivity contribution in [3.05, 3.63) is 59.0 Å². The zero-order valence-electron chi connectivity index (χ0n) is 13.2. The van der Waals surface area contributed by atoms with Gasteiger partial charge in [0.1, 0.15) is 17.1 Å². The quantitative estimate of drug-likeness (QED) is 0.634. The van der Waals surface area contributed by atoms with Crippen LogP contribution in [0.1, 0.15) is 32.0 Å². The number of ether oxygens (including phenoxy) is 1. The van der Waals surface area contributed by atoms with Crippen LogP contribution in [0.25, 0.3) is 5.65 Å². The SMILES string of the molecule is Cc1cnc2cc(Oc3ccc(C(C)(C)C)cc3Cl)ccn12. The molecule has 0 saturated heterocycles. The number of pyridine rings is 1. The number of hydrogen-bond donors (Lipinski definition) is 0. The van der Waals surface area contributed by atoms with Gasteiger partial charge in [0.15, 0.2) is 0 Å². The minimum atomic E-state index is 0.0639. The second-order valence-corrected chi connectivity index (χ2v) is 6.89. The number of hydrogen-bond acceptors (Lipinski definition) is 2. The highest BCUT2D eigenvalue weighted by Gasteiger charge is 2.15. The van der Waals surface area contributed by atoms with Gasteiger partial charge in [-0.15, -0.1) is 0 Å². The Morgan fingerprint density at radius 3 is 2.59 bits per heavy atom. The van der Waals surface area contributed by atoms with Gasteiger partial charge in [-0.2, -0.15) is 0 Å². The van der Waals surface area contributed by atoms with E-state index in [4.69, 9.17) is 16.3 Å². The monoisotopic (exact) mass is 314 g/mol. The van der Waals surface area contributed by atoms with Crippen LogP contribution in [0.4, 0.5) is 0 Å². The molecule has 114 valence electrons. The molecule has 0 aliphatic carbocycles. The van der Waals surface area contributed by atoms with Crippen LogP contribution in [0.2, 0.25) is 5.02 Å². The minimum Gasteiger partial charge on any atom is -0.456 e. The van der Waals surface area contributed by atoms with Crippen molar-refractivity contribution in [2.75, 3.05) is 0 Å². The Hall–Kier alpha value is -2.00. The van der Waals surface area contributed by atoms with Gasteiger partial charge in [0.25, 0.3) is 0 Å². The molecule has 0 fully saturated rings. The summed E-state index contributed by atoms with van der Waals surface area (Å²) in [6, 6.07) is 9.76. The lowest BCUT2D eigenvalue weighted by Crippen LogP contribution is -2.10. The molecule has 0 bridgehead atoms. The second-order valence-electron chi connectivity index (χ2n) is 6.49. The average Bonchev–Trinajstić information content (AvgIpc) is 2.81. The van der Waals surface area contributed by atoms with Crippen LogP contribution in [0.5, 0.6) is 11.5 Å². The predicted molar refractivity (Wildman–Crippen MR) is 90.2 cm³/mol. The van der Waals surface area contributed by atoms with Crippen molar-refractivity contribution < 1.29 is 4.74 Å². The van der Waals surface area contributed by atoms with Gasteiger partial charge in [0.2, 0.25) is 0 Å². The van der Waals surface area contributed by atoms with E-state index in [1.54, 1.807) is 0 Å². The highest BCUT2D eigenvalue weighted by molar-refractivity contribution is 6.32. The van der Waals surface area contributed by atoms with Gasteiger partial charge >= 0.3 is 0 Å².